The lowest BCUT2D eigenvalue weighted by Crippen LogP contribution is -2.23. The van der Waals surface area contributed by atoms with Crippen molar-refractivity contribution >= 4 is 39.3 Å². The van der Waals surface area contributed by atoms with E-state index in [1.807, 2.05) is 42.8 Å². The van der Waals surface area contributed by atoms with E-state index in [2.05, 4.69) is 33.2 Å². The van der Waals surface area contributed by atoms with Crippen LogP contribution in [0.15, 0.2) is 40.2 Å². The van der Waals surface area contributed by atoms with Crippen LogP contribution in [0.3, 0.4) is 0 Å². The first-order valence-corrected chi connectivity index (χ1v) is 8.43. The third kappa shape index (κ3) is 4.11. The summed E-state index contributed by atoms with van der Waals surface area (Å²) in [6.45, 7) is 6.80. The predicted molar refractivity (Wildman–Crippen MR) is 90.7 cm³/mol. The molecule has 1 amide bonds. The van der Waals surface area contributed by atoms with Crippen molar-refractivity contribution in [3.8, 4) is 0 Å². The van der Waals surface area contributed by atoms with Crippen molar-refractivity contribution in [1.29, 1.82) is 0 Å². The molecule has 1 aromatic carbocycles. The number of nitrogens with one attached hydrogen (secondary N) is 1. The minimum Gasteiger partial charge on any atom is -0.326 e. The van der Waals surface area contributed by atoms with Gasteiger partial charge in [-0.05, 0) is 54.4 Å². The number of aryl methyl sites for hydroxylation is 2. The summed E-state index contributed by atoms with van der Waals surface area (Å²) in [6, 6.07) is 5.86. The van der Waals surface area contributed by atoms with Crippen LogP contribution < -0.4 is 5.32 Å². The Hall–Kier alpha value is -1.27. The first-order valence-electron chi connectivity index (χ1n) is 6.76. The van der Waals surface area contributed by atoms with Crippen LogP contribution in [-0.2, 0) is 11.3 Å². The second-order valence-electron chi connectivity index (χ2n) is 4.73. The number of nitrogens with zero attached hydrogens (tertiary/aromatic N) is 2. The molecule has 0 fully saturated rings. The summed E-state index contributed by atoms with van der Waals surface area (Å²) in [6.07, 6.45) is 3.68. The van der Waals surface area contributed by atoms with E-state index in [1.54, 1.807) is 6.20 Å². The van der Waals surface area contributed by atoms with E-state index in [4.69, 9.17) is 0 Å². The van der Waals surface area contributed by atoms with Crippen LogP contribution in [0.4, 0.5) is 5.69 Å². The van der Waals surface area contributed by atoms with Gasteiger partial charge in [0.25, 0.3) is 0 Å². The number of aromatic nitrogens is 2. The monoisotopic (exact) mass is 367 g/mol. The van der Waals surface area contributed by atoms with Gasteiger partial charge < -0.3 is 9.88 Å². The molecule has 0 aliphatic carbocycles. The Labute approximate surface area is 137 Å². The van der Waals surface area contributed by atoms with Gasteiger partial charge in [-0.15, -0.1) is 0 Å². The number of benzene rings is 1. The molecule has 2 aromatic rings. The van der Waals surface area contributed by atoms with Crippen LogP contribution in [0.25, 0.3) is 0 Å². The van der Waals surface area contributed by atoms with Crippen molar-refractivity contribution in [3.05, 3.63) is 40.6 Å². The molecule has 0 saturated carbocycles. The molecule has 112 valence electrons. The Morgan fingerprint density at radius 3 is 2.95 bits per heavy atom. The van der Waals surface area contributed by atoms with E-state index >= 15 is 0 Å². The number of halogens is 1. The highest BCUT2D eigenvalue weighted by molar-refractivity contribution is 9.10. The number of hydrogen-bond donors (Lipinski definition) is 1. The molecule has 0 saturated heterocycles. The lowest BCUT2D eigenvalue weighted by molar-refractivity contribution is -0.115. The fourth-order valence-corrected chi connectivity index (χ4v) is 3.34. The van der Waals surface area contributed by atoms with Crippen molar-refractivity contribution in [3.63, 3.8) is 0 Å². The van der Waals surface area contributed by atoms with Crippen LogP contribution in [0, 0.1) is 6.92 Å². The standard InChI is InChI=1S/C15H18BrN3OS/c1-4-19-8-7-17-15(19)21-11(3)14(20)18-13-6-5-10(2)9-12(13)16/h5-9,11H,4H2,1-3H3,(H,18,20). The summed E-state index contributed by atoms with van der Waals surface area (Å²) in [5.74, 6) is -0.0322. The van der Waals surface area contributed by atoms with Gasteiger partial charge in [-0.25, -0.2) is 4.98 Å². The summed E-state index contributed by atoms with van der Waals surface area (Å²) in [5, 5.41) is 3.59. The van der Waals surface area contributed by atoms with Crippen LogP contribution in [0.1, 0.15) is 19.4 Å². The van der Waals surface area contributed by atoms with Crippen molar-refractivity contribution in [1.82, 2.24) is 9.55 Å². The molecule has 1 unspecified atom stereocenters. The van der Waals surface area contributed by atoms with Gasteiger partial charge in [-0.2, -0.15) is 0 Å². The number of carbonyl (C=O) groups is 1. The average molecular weight is 368 g/mol. The largest absolute Gasteiger partial charge is 0.326 e. The summed E-state index contributed by atoms with van der Waals surface area (Å²) in [5.41, 5.74) is 1.93. The number of hydrogen-bond acceptors (Lipinski definition) is 3. The first-order chi connectivity index (χ1) is 10.0. The lowest BCUT2D eigenvalue weighted by Gasteiger charge is -2.13. The summed E-state index contributed by atoms with van der Waals surface area (Å²) < 4.78 is 2.92. The predicted octanol–water partition coefficient (Wildman–Crippen LogP) is 4.09. The molecule has 0 aliphatic rings. The highest BCUT2D eigenvalue weighted by atomic mass is 79.9. The molecular weight excluding hydrogens is 350 g/mol. The third-order valence-corrected chi connectivity index (χ3v) is 4.83. The van der Waals surface area contributed by atoms with Crippen molar-refractivity contribution in [2.24, 2.45) is 0 Å². The Morgan fingerprint density at radius 1 is 1.52 bits per heavy atom. The van der Waals surface area contributed by atoms with E-state index < -0.39 is 0 Å². The Balaban J connectivity index is 2.02. The van der Waals surface area contributed by atoms with E-state index in [1.165, 1.54) is 11.8 Å². The molecule has 1 atom stereocenters. The van der Waals surface area contributed by atoms with Gasteiger partial charge in [0.2, 0.25) is 5.91 Å². The highest BCUT2D eigenvalue weighted by Crippen LogP contribution is 2.26. The zero-order valence-corrected chi connectivity index (χ0v) is 14.7. The summed E-state index contributed by atoms with van der Waals surface area (Å²) in [7, 11) is 0. The third-order valence-electron chi connectivity index (χ3n) is 3.05. The Bertz CT molecular complexity index is 642. The van der Waals surface area contributed by atoms with Crippen LogP contribution in [-0.4, -0.2) is 20.7 Å². The number of amides is 1. The Kier molecular flexibility index (Phi) is 5.47. The molecular formula is C15H18BrN3OS. The van der Waals surface area contributed by atoms with Gasteiger partial charge in [0.15, 0.2) is 5.16 Å². The number of rotatable bonds is 5. The van der Waals surface area contributed by atoms with Gasteiger partial charge in [0.1, 0.15) is 0 Å². The fraction of sp³-hybridized carbons (Fsp3) is 0.333. The zero-order valence-electron chi connectivity index (χ0n) is 12.3. The number of thioether (sulfide) groups is 1. The Morgan fingerprint density at radius 2 is 2.29 bits per heavy atom. The van der Waals surface area contributed by atoms with E-state index in [0.29, 0.717) is 0 Å². The molecule has 21 heavy (non-hydrogen) atoms. The molecule has 1 aromatic heterocycles. The molecule has 0 radical (unpaired) electrons. The number of imidazole rings is 1. The summed E-state index contributed by atoms with van der Waals surface area (Å²) >= 11 is 4.93. The van der Waals surface area contributed by atoms with Gasteiger partial charge >= 0.3 is 0 Å². The van der Waals surface area contributed by atoms with Gasteiger partial charge in [-0.3, -0.25) is 4.79 Å². The van der Waals surface area contributed by atoms with Gasteiger partial charge in [-0.1, -0.05) is 17.8 Å². The highest BCUT2D eigenvalue weighted by Gasteiger charge is 2.17. The molecule has 1 heterocycles. The van der Waals surface area contributed by atoms with Crippen molar-refractivity contribution in [2.75, 3.05) is 5.32 Å². The average Bonchev–Trinajstić information content (AvgIpc) is 2.89. The topological polar surface area (TPSA) is 46.9 Å². The normalized spacial score (nSPS) is 12.2. The van der Waals surface area contributed by atoms with Crippen LogP contribution >= 0.6 is 27.7 Å². The van der Waals surface area contributed by atoms with E-state index in [9.17, 15) is 4.79 Å². The quantitative estimate of drug-likeness (QED) is 0.809. The maximum absolute atomic E-state index is 12.3. The van der Waals surface area contributed by atoms with Crippen molar-refractivity contribution < 1.29 is 4.79 Å². The molecule has 0 bridgehead atoms. The second kappa shape index (κ2) is 7.13. The lowest BCUT2D eigenvalue weighted by atomic mass is 10.2. The van der Waals surface area contributed by atoms with Crippen LogP contribution in [0.2, 0.25) is 0 Å². The molecule has 4 nitrogen and oxygen atoms in total. The minimum absolute atomic E-state index is 0.0322. The molecule has 2 rings (SSSR count). The molecule has 6 heteroatoms. The second-order valence-corrected chi connectivity index (χ2v) is 6.89. The fourth-order valence-electron chi connectivity index (χ4n) is 1.82. The summed E-state index contributed by atoms with van der Waals surface area (Å²) in [4.78, 5) is 16.6. The number of carbonyl (C=O) groups excluding carboxylic acids is 1. The maximum Gasteiger partial charge on any atom is 0.237 e. The van der Waals surface area contributed by atoms with Gasteiger partial charge in [0, 0.05) is 23.4 Å². The smallest absolute Gasteiger partial charge is 0.237 e. The van der Waals surface area contributed by atoms with E-state index in [-0.39, 0.29) is 11.2 Å². The maximum atomic E-state index is 12.3. The molecule has 0 aliphatic heterocycles. The van der Waals surface area contributed by atoms with Crippen LogP contribution in [0.5, 0.6) is 0 Å². The SMILES string of the molecule is CCn1ccnc1SC(C)C(=O)Nc1ccc(C)cc1Br. The zero-order chi connectivity index (χ0) is 15.4. The first kappa shape index (κ1) is 16.1. The molecule has 1 N–H and O–H groups in total. The van der Waals surface area contributed by atoms with Gasteiger partial charge in [0.05, 0.1) is 10.9 Å². The van der Waals surface area contributed by atoms with Crippen molar-refractivity contribution in [2.45, 2.75) is 37.7 Å². The number of anilines is 1. The minimum atomic E-state index is -0.217. The van der Waals surface area contributed by atoms with E-state index in [0.717, 1.165) is 27.4 Å². The molecule has 0 spiro atoms.